The molecule has 2 aromatic rings. The Morgan fingerprint density at radius 2 is 1.67 bits per heavy atom. The first-order chi connectivity index (χ1) is 9.97. The normalized spacial score (nSPS) is 12.1. The van der Waals surface area contributed by atoms with Gasteiger partial charge in [0.25, 0.3) is 0 Å². The van der Waals surface area contributed by atoms with Crippen LogP contribution in [0.15, 0.2) is 34.8 Å². The lowest BCUT2D eigenvalue weighted by atomic mass is 9.99. The predicted molar refractivity (Wildman–Crippen MR) is 77.7 cm³/mol. The van der Waals surface area contributed by atoms with Crippen molar-refractivity contribution in [2.75, 3.05) is 14.2 Å². The van der Waals surface area contributed by atoms with E-state index in [2.05, 4.69) is 15.9 Å². The van der Waals surface area contributed by atoms with Crippen LogP contribution in [0.3, 0.4) is 0 Å². The average Bonchev–Trinajstić information content (AvgIpc) is 2.45. The quantitative estimate of drug-likeness (QED) is 0.902. The highest BCUT2D eigenvalue weighted by atomic mass is 79.9. The summed E-state index contributed by atoms with van der Waals surface area (Å²) < 4.78 is 38.4. The van der Waals surface area contributed by atoms with Gasteiger partial charge in [-0.15, -0.1) is 0 Å². The van der Waals surface area contributed by atoms with Crippen LogP contribution in [0.2, 0.25) is 0 Å². The molecule has 0 heterocycles. The van der Waals surface area contributed by atoms with Gasteiger partial charge in [0.15, 0.2) is 0 Å². The van der Waals surface area contributed by atoms with Crippen LogP contribution >= 0.6 is 15.9 Å². The summed E-state index contributed by atoms with van der Waals surface area (Å²) in [6, 6.07) is 6.85. The molecule has 2 rings (SSSR count). The third-order valence-corrected chi connectivity index (χ3v) is 3.51. The fraction of sp³-hybridized carbons (Fsp3) is 0.200. The van der Waals surface area contributed by atoms with Crippen molar-refractivity contribution < 1.29 is 23.4 Å². The maximum absolute atomic E-state index is 14.0. The maximum Gasteiger partial charge on any atom is 0.133 e. The van der Waals surface area contributed by atoms with Crippen molar-refractivity contribution in [2.24, 2.45) is 0 Å². The first kappa shape index (κ1) is 15.7. The number of aliphatic hydroxyl groups excluding tert-OH is 1. The average molecular weight is 359 g/mol. The van der Waals surface area contributed by atoms with E-state index in [0.29, 0.717) is 11.5 Å². The summed E-state index contributed by atoms with van der Waals surface area (Å²) in [5.41, 5.74) is -0.221. The molecule has 0 aromatic heterocycles. The summed E-state index contributed by atoms with van der Waals surface area (Å²) >= 11 is 3.00. The van der Waals surface area contributed by atoms with E-state index < -0.39 is 23.3 Å². The van der Waals surface area contributed by atoms with Crippen molar-refractivity contribution in [1.29, 1.82) is 0 Å². The summed E-state index contributed by atoms with van der Waals surface area (Å²) in [5.74, 6) is -0.939. The largest absolute Gasteiger partial charge is 0.497 e. The van der Waals surface area contributed by atoms with Crippen LogP contribution < -0.4 is 9.47 Å². The van der Waals surface area contributed by atoms with Crippen LogP contribution in [0.4, 0.5) is 8.78 Å². The van der Waals surface area contributed by atoms with Crippen LogP contribution in [-0.4, -0.2) is 19.3 Å². The van der Waals surface area contributed by atoms with Crippen molar-refractivity contribution in [3.8, 4) is 11.5 Å². The van der Waals surface area contributed by atoms with E-state index in [1.54, 1.807) is 12.1 Å². The second-order valence-electron chi connectivity index (χ2n) is 4.29. The molecule has 21 heavy (non-hydrogen) atoms. The van der Waals surface area contributed by atoms with E-state index in [4.69, 9.17) is 9.47 Å². The Kier molecular flexibility index (Phi) is 4.80. The standard InChI is InChI=1S/C15H13BrF2O3/c1-20-9-3-4-13(21-2)10(7-9)15(19)14-11(17)5-8(16)6-12(14)18/h3-7,15,19H,1-2H3. The van der Waals surface area contributed by atoms with Gasteiger partial charge in [-0.1, -0.05) is 15.9 Å². The van der Waals surface area contributed by atoms with E-state index in [9.17, 15) is 13.9 Å². The van der Waals surface area contributed by atoms with Gasteiger partial charge in [-0.25, -0.2) is 8.78 Å². The molecule has 0 amide bonds. The Labute approximate surface area is 129 Å². The van der Waals surface area contributed by atoms with Gasteiger partial charge in [0.05, 0.1) is 19.8 Å². The number of hydrogen-bond acceptors (Lipinski definition) is 3. The molecule has 0 saturated carbocycles. The smallest absolute Gasteiger partial charge is 0.133 e. The third kappa shape index (κ3) is 3.16. The molecule has 0 aliphatic rings. The highest BCUT2D eigenvalue weighted by molar-refractivity contribution is 9.10. The zero-order valence-corrected chi connectivity index (χ0v) is 12.9. The lowest BCUT2D eigenvalue weighted by molar-refractivity contribution is 0.203. The van der Waals surface area contributed by atoms with Crippen LogP contribution in [0, 0.1) is 11.6 Å². The molecule has 0 bridgehead atoms. The van der Waals surface area contributed by atoms with E-state index >= 15 is 0 Å². The van der Waals surface area contributed by atoms with Gasteiger partial charge in [0.1, 0.15) is 29.2 Å². The molecule has 1 atom stereocenters. The molecule has 1 N–H and O–H groups in total. The van der Waals surface area contributed by atoms with E-state index in [-0.39, 0.29) is 10.0 Å². The number of aliphatic hydroxyl groups is 1. The van der Waals surface area contributed by atoms with Crippen LogP contribution in [0.25, 0.3) is 0 Å². The zero-order chi connectivity index (χ0) is 15.6. The SMILES string of the molecule is COc1ccc(OC)c(C(O)c2c(F)cc(Br)cc2F)c1. The molecule has 6 heteroatoms. The van der Waals surface area contributed by atoms with Crippen LogP contribution in [0.5, 0.6) is 11.5 Å². The molecule has 0 saturated heterocycles. The molecule has 0 aliphatic heterocycles. The Bertz CT molecular complexity index is 638. The minimum atomic E-state index is -1.51. The molecule has 0 fully saturated rings. The molecule has 1 unspecified atom stereocenters. The summed E-state index contributed by atoms with van der Waals surface area (Å²) in [6.45, 7) is 0. The Hall–Kier alpha value is -1.66. The zero-order valence-electron chi connectivity index (χ0n) is 11.4. The van der Waals surface area contributed by atoms with Gasteiger partial charge in [0, 0.05) is 10.0 Å². The fourth-order valence-corrected chi connectivity index (χ4v) is 2.43. The van der Waals surface area contributed by atoms with Crippen molar-refractivity contribution in [1.82, 2.24) is 0 Å². The Balaban J connectivity index is 2.56. The van der Waals surface area contributed by atoms with Crippen LogP contribution in [0.1, 0.15) is 17.2 Å². The van der Waals surface area contributed by atoms with Crippen molar-refractivity contribution in [3.63, 3.8) is 0 Å². The minimum absolute atomic E-state index is 0.219. The summed E-state index contributed by atoms with van der Waals surface area (Å²) in [4.78, 5) is 0. The molecule has 0 spiro atoms. The summed E-state index contributed by atoms with van der Waals surface area (Å²) in [5, 5.41) is 10.3. The highest BCUT2D eigenvalue weighted by Crippen LogP contribution is 2.35. The number of hydrogen-bond donors (Lipinski definition) is 1. The van der Waals surface area contributed by atoms with Gasteiger partial charge in [0.2, 0.25) is 0 Å². The topological polar surface area (TPSA) is 38.7 Å². The number of halogens is 3. The second-order valence-corrected chi connectivity index (χ2v) is 5.21. The van der Waals surface area contributed by atoms with Gasteiger partial charge in [-0.2, -0.15) is 0 Å². The number of benzene rings is 2. The molecule has 0 radical (unpaired) electrons. The first-order valence-electron chi connectivity index (χ1n) is 6.02. The summed E-state index contributed by atoms with van der Waals surface area (Å²) in [7, 11) is 2.87. The highest BCUT2D eigenvalue weighted by Gasteiger charge is 2.24. The van der Waals surface area contributed by atoms with Crippen molar-refractivity contribution in [2.45, 2.75) is 6.10 Å². The first-order valence-corrected chi connectivity index (χ1v) is 6.81. The predicted octanol–water partition coefficient (Wildman–Crippen LogP) is 3.83. The Morgan fingerprint density at radius 1 is 1.05 bits per heavy atom. The van der Waals surface area contributed by atoms with E-state index in [1.807, 2.05) is 0 Å². The molecule has 3 nitrogen and oxygen atoms in total. The lowest BCUT2D eigenvalue weighted by Crippen LogP contribution is -2.08. The number of ether oxygens (including phenoxy) is 2. The molecule has 2 aromatic carbocycles. The number of rotatable bonds is 4. The number of methoxy groups -OCH3 is 2. The lowest BCUT2D eigenvalue weighted by Gasteiger charge is -2.17. The monoisotopic (exact) mass is 358 g/mol. The molecule has 0 aliphatic carbocycles. The summed E-state index contributed by atoms with van der Waals surface area (Å²) in [6.07, 6.45) is -1.51. The van der Waals surface area contributed by atoms with E-state index in [1.165, 1.54) is 20.3 Å². The van der Waals surface area contributed by atoms with Gasteiger partial charge in [-0.05, 0) is 30.3 Å². The Morgan fingerprint density at radius 3 is 2.19 bits per heavy atom. The van der Waals surface area contributed by atoms with Gasteiger partial charge in [-0.3, -0.25) is 0 Å². The second kappa shape index (κ2) is 6.41. The fourth-order valence-electron chi connectivity index (χ4n) is 2.02. The van der Waals surface area contributed by atoms with Gasteiger partial charge < -0.3 is 14.6 Å². The maximum atomic E-state index is 14.0. The van der Waals surface area contributed by atoms with Crippen LogP contribution in [-0.2, 0) is 0 Å². The molecular formula is C15H13BrF2O3. The molecular weight excluding hydrogens is 346 g/mol. The molecule has 112 valence electrons. The third-order valence-electron chi connectivity index (χ3n) is 3.05. The minimum Gasteiger partial charge on any atom is -0.497 e. The van der Waals surface area contributed by atoms with E-state index in [0.717, 1.165) is 12.1 Å². The van der Waals surface area contributed by atoms with Crippen molar-refractivity contribution in [3.05, 3.63) is 57.6 Å². The van der Waals surface area contributed by atoms with Gasteiger partial charge >= 0.3 is 0 Å². The van der Waals surface area contributed by atoms with Crippen molar-refractivity contribution >= 4 is 15.9 Å².